The standard InChI is InChI=1S/C12H22N.2C5H11.Al/c1-3-7-11(8-4-1)13-12-9-5-2-6-10-12;2*1-3-5-4-2;/h11-12H,1-10H2;2*1,3-5H2,2H3;/q-1;;;+1. The second kappa shape index (κ2) is 12.8. The first kappa shape index (κ1) is 20.8. The fraction of sp³-hybridized carbons (Fsp3) is 1.00. The van der Waals surface area contributed by atoms with Gasteiger partial charge in [-0.05, 0) is 37.8 Å². The summed E-state index contributed by atoms with van der Waals surface area (Å²) in [6.45, 7) is 4.74. The average molecular weight is 350 g/mol. The predicted octanol–water partition coefficient (Wildman–Crippen LogP) is 7.33. The molecule has 0 N–H and O–H groups in total. The molecule has 2 aliphatic carbocycles. The van der Waals surface area contributed by atoms with E-state index in [0.29, 0.717) is 0 Å². The van der Waals surface area contributed by atoms with E-state index >= 15 is 0 Å². The Morgan fingerprint density at radius 1 is 0.625 bits per heavy atom. The number of unbranched alkanes of at least 4 members (excludes halogenated alkanes) is 4. The molecule has 2 saturated carbocycles. The summed E-state index contributed by atoms with van der Waals surface area (Å²) in [5.74, 6) is 0. The summed E-state index contributed by atoms with van der Waals surface area (Å²) in [5.41, 5.74) is 0. The van der Waals surface area contributed by atoms with Crippen molar-refractivity contribution in [2.75, 3.05) is 0 Å². The lowest BCUT2D eigenvalue weighted by Crippen LogP contribution is -2.53. The minimum absolute atomic E-state index is 0.725. The molecule has 0 amide bonds. The first-order chi connectivity index (χ1) is 11.9. The van der Waals surface area contributed by atoms with Crippen molar-refractivity contribution >= 4 is 14.4 Å². The first-order valence-corrected chi connectivity index (χ1v) is 13.8. The van der Waals surface area contributed by atoms with Crippen LogP contribution >= 0.6 is 0 Å². The number of nitrogens with zero attached hydrogens (tertiary/aromatic N) is 1. The van der Waals surface area contributed by atoms with Crippen LogP contribution in [-0.4, -0.2) is 30.3 Å². The molecule has 2 heteroatoms. The topological polar surface area (TPSA) is 3.24 Å². The van der Waals surface area contributed by atoms with Crippen LogP contribution in [0.3, 0.4) is 0 Å². The SMILES string of the molecule is CCCC[CH2][Al]([CH2]CCCC)[N](C1CCCCC1)C1CCCCC1. The Labute approximate surface area is 157 Å². The number of hydrogen-bond acceptors (Lipinski definition) is 1. The molecule has 2 aliphatic rings. The minimum atomic E-state index is -0.725. The molecule has 0 radical (unpaired) electrons. The van der Waals surface area contributed by atoms with Crippen molar-refractivity contribution in [2.45, 2.75) is 139 Å². The smallest absolute Gasteiger partial charge is 0.373 e. The molecule has 2 rings (SSSR count). The Balaban J connectivity index is 2.03. The third-order valence-electron chi connectivity index (χ3n) is 6.70. The van der Waals surface area contributed by atoms with Crippen molar-refractivity contribution in [2.24, 2.45) is 0 Å². The molecule has 0 atom stereocenters. The summed E-state index contributed by atoms with van der Waals surface area (Å²) in [7, 11) is 0. The Bertz CT molecular complexity index is 266. The molecule has 0 heterocycles. The Kier molecular flexibility index (Phi) is 11.1. The van der Waals surface area contributed by atoms with Gasteiger partial charge in [0.2, 0.25) is 0 Å². The maximum atomic E-state index is 3.27. The van der Waals surface area contributed by atoms with Crippen LogP contribution in [0.5, 0.6) is 0 Å². The molecule has 0 aromatic rings. The largest absolute Gasteiger partial charge is 0.379 e. The van der Waals surface area contributed by atoms with Crippen molar-refractivity contribution < 1.29 is 0 Å². The van der Waals surface area contributed by atoms with Gasteiger partial charge < -0.3 is 3.88 Å². The average Bonchev–Trinajstić information content (AvgIpc) is 2.64. The zero-order chi connectivity index (χ0) is 17.0. The van der Waals surface area contributed by atoms with E-state index in [2.05, 4.69) is 17.7 Å². The van der Waals surface area contributed by atoms with E-state index < -0.39 is 14.4 Å². The summed E-state index contributed by atoms with van der Waals surface area (Å²) in [4.78, 5) is 0. The van der Waals surface area contributed by atoms with Crippen molar-refractivity contribution in [1.82, 2.24) is 3.88 Å². The maximum absolute atomic E-state index is 3.27. The third kappa shape index (κ3) is 7.01. The summed E-state index contributed by atoms with van der Waals surface area (Å²) in [6.07, 6.45) is 24.0. The van der Waals surface area contributed by atoms with Gasteiger partial charge in [0.15, 0.2) is 0 Å². The van der Waals surface area contributed by atoms with Gasteiger partial charge in [-0.3, -0.25) is 0 Å². The maximum Gasteiger partial charge on any atom is 0.373 e. The molecule has 2 fully saturated rings. The summed E-state index contributed by atoms with van der Waals surface area (Å²) in [5, 5.41) is 3.23. The highest BCUT2D eigenvalue weighted by atomic mass is 27.2. The fourth-order valence-corrected chi connectivity index (χ4v) is 9.55. The normalized spacial score (nSPS) is 20.6. The van der Waals surface area contributed by atoms with Gasteiger partial charge in [-0.25, -0.2) is 0 Å². The highest BCUT2D eigenvalue weighted by Gasteiger charge is 2.36. The van der Waals surface area contributed by atoms with Gasteiger partial charge in [-0.2, -0.15) is 0 Å². The molecular formula is C22H44AlN. The highest BCUT2D eigenvalue weighted by Crippen LogP contribution is 2.33. The van der Waals surface area contributed by atoms with Gasteiger partial charge in [-0.1, -0.05) is 101 Å². The van der Waals surface area contributed by atoms with Crippen molar-refractivity contribution in [3.05, 3.63) is 0 Å². The van der Waals surface area contributed by atoms with Gasteiger partial charge in [0.05, 0.1) is 0 Å². The van der Waals surface area contributed by atoms with Gasteiger partial charge in [0.25, 0.3) is 0 Å². The van der Waals surface area contributed by atoms with E-state index in [0.717, 1.165) is 12.1 Å². The van der Waals surface area contributed by atoms with Crippen molar-refractivity contribution in [3.8, 4) is 0 Å². The van der Waals surface area contributed by atoms with E-state index in [1.807, 2.05) is 0 Å². The monoisotopic (exact) mass is 349 g/mol. The summed E-state index contributed by atoms with van der Waals surface area (Å²) >= 11 is -0.725. The fourth-order valence-electron chi connectivity index (χ4n) is 5.36. The molecule has 0 bridgehead atoms. The third-order valence-corrected chi connectivity index (χ3v) is 10.5. The Morgan fingerprint density at radius 3 is 1.42 bits per heavy atom. The van der Waals surface area contributed by atoms with Crippen LogP contribution in [0.15, 0.2) is 0 Å². The van der Waals surface area contributed by atoms with Gasteiger partial charge >= 0.3 is 14.4 Å². The van der Waals surface area contributed by atoms with Crippen LogP contribution in [-0.2, 0) is 0 Å². The van der Waals surface area contributed by atoms with Crippen LogP contribution in [0, 0.1) is 0 Å². The molecule has 1 nitrogen and oxygen atoms in total. The van der Waals surface area contributed by atoms with Crippen molar-refractivity contribution in [1.29, 1.82) is 0 Å². The molecule has 24 heavy (non-hydrogen) atoms. The molecule has 0 spiro atoms. The first-order valence-electron chi connectivity index (χ1n) is 11.6. The zero-order valence-corrected chi connectivity index (χ0v) is 18.1. The predicted molar refractivity (Wildman–Crippen MR) is 110 cm³/mol. The second-order valence-corrected chi connectivity index (χ2v) is 11.7. The molecule has 140 valence electrons. The summed E-state index contributed by atoms with van der Waals surface area (Å²) in [6, 6.07) is 1.98. The van der Waals surface area contributed by atoms with Crippen LogP contribution in [0.4, 0.5) is 0 Å². The van der Waals surface area contributed by atoms with Crippen molar-refractivity contribution in [3.63, 3.8) is 0 Å². The summed E-state index contributed by atoms with van der Waals surface area (Å²) < 4.78 is 3.27. The van der Waals surface area contributed by atoms with Gasteiger partial charge in [-0.15, -0.1) is 0 Å². The molecule has 0 aromatic heterocycles. The molecule has 0 unspecified atom stereocenters. The van der Waals surface area contributed by atoms with Gasteiger partial charge in [0, 0.05) is 0 Å². The van der Waals surface area contributed by atoms with Crippen LogP contribution in [0.25, 0.3) is 0 Å². The lowest BCUT2D eigenvalue weighted by atomic mass is 9.91. The molecule has 0 aromatic carbocycles. The molecule has 0 saturated heterocycles. The number of hydrogen-bond donors (Lipinski definition) is 0. The van der Waals surface area contributed by atoms with Crippen LogP contribution < -0.4 is 0 Å². The van der Waals surface area contributed by atoms with E-state index in [-0.39, 0.29) is 0 Å². The van der Waals surface area contributed by atoms with E-state index in [9.17, 15) is 0 Å². The van der Waals surface area contributed by atoms with Crippen LogP contribution in [0.1, 0.15) is 117 Å². The highest BCUT2D eigenvalue weighted by molar-refractivity contribution is 6.56. The van der Waals surface area contributed by atoms with E-state index in [1.54, 1.807) is 10.6 Å². The molecule has 0 aliphatic heterocycles. The molecular weight excluding hydrogens is 305 g/mol. The Morgan fingerprint density at radius 2 is 1.04 bits per heavy atom. The lowest BCUT2D eigenvalue weighted by Gasteiger charge is -2.46. The van der Waals surface area contributed by atoms with E-state index in [4.69, 9.17) is 0 Å². The van der Waals surface area contributed by atoms with Crippen LogP contribution in [0.2, 0.25) is 10.6 Å². The second-order valence-electron chi connectivity index (χ2n) is 8.68. The quantitative estimate of drug-likeness (QED) is 0.279. The zero-order valence-electron chi connectivity index (χ0n) is 16.9. The van der Waals surface area contributed by atoms with Gasteiger partial charge in [0.1, 0.15) is 0 Å². The van der Waals surface area contributed by atoms with E-state index in [1.165, 1.54) is 103 Å². The lowest BCUT2D eigenvalue weighted by molar-refractivity contribution is 0.163. The number of rotatable bonds is 11. The minimum Gasteiger partial charge on any atom is -0.379 e. The Hall–Kier alpha value is 0.492.